The van der Waals surface area contributed by atoms with Gasteiger partial charge in [0.15, 0.2) is 5.58 Å². The van der Waals surface area contributed by atoms with Gasteiger partial charge in [0.1, 0.15) is 0 Å². The Morgan fingerprint density at radius 2 is 2.12 bits per heavy atom. The first-order valence-corrected chi connectivity index (χ1v) is 8.09. The summed E-state index contributed by atoms with van der Waals surface area (Å²) in [5.74, 6) is -0.0536. The van der Waals surface area contributed by atoms with Gasteiger partial charge in [0, 0.05) is 36.1 Å². The van der Waals surface area contributed by atoms with Crippen molar-refractivity contribution in [1.29, 1.82) is 0 Å². The number of aryl methyl sites for hydroxylation is 1. The lowest BCUT2D eigenvalue weighted by Gasteiger charge is -2.08. The molecule has 0 aliphatic carbocycles. The predicted molar refractivity (Wildman–Crippen MR) is 93.3 cm³/mol. The first kappa shape index (κ1) is 16.3. The van der Waals surface area contributed by atoms with Gasteiger partial charge in [0.25, 0.3) is 5.56 Å². The number of hydrogen-bond acceptors (Lipinski definition) is 3. The van der Waals surface area contributed by atoms with E-state index in [2.05, 4.69) is 5.32 Å². The molecular weight excluding hydrogens is 328 g/mol. The number of aromatic nitrogens is 1. The van der Waals surface area contributed by atoms with Gasteiger partial charge in [-0.05, 0) is 36.2 Å². The Kier molecular flexibility index (Phi) is 5.01. The molecule has 1 aromatic carbocycles. The van der Waals surface area contributed by atoms with Crippen LogP contribution in [0.4, 0.5) is 0 Å². The van der Waals surface area contributed by atoms with E-state index < -0.39 is 0 Å². The largest absolute Gasteiger partial charge is 0.459 e. The summed E-state index contributed by atoms with van der Waals surface area (Å²) in [7, 11) is 0. The van der Waals surface area contributed by atoms with Crippen LogP contribution < -0.4 is 10.9 Å². The molecule has 6 heteroatoms. The smallest absolute Gasteiger partial charge is 0.294 e. The van der Waals surface area contributed by atoms with E-state index in [9.17, 15) is 9.59 Å². The van der Waals surface area contributed by atoms with Crippen LogP contribution in [0.25, 0.3) is 11.0 Å². The summed E-state index contributed by atoms with van der Waals surface area (Å²) in [6.07, 6.45) is 4.21. The second-order valence-electron chi connectivity index (χ2n) is 5.50. The maximum atomic E-state index is 12.2. The minimum absolute atomic E-state index is 0.0536. The summed E-state index contributed by atoms with van der Waals surface area (Å²) >= 11 is 5.92. The highest BCUT2D eigenvalue weighted by molar-refractivity contribution is 6.30. The zero-order valence-electron chi connectivity index (χ0n) is 13.0. The maximum absolute atomic E-state index is 12.2. The summed E-state index contributed by atoms with van der Waals surface area (Å²) < 4.78 is 6.71. The monoisotopic (exact) mass is 344 g/mol. The molecule has 124 valence electrons. The Balaban J connectivity index is 1.49. The second-order valence-corrected chi connectivity index (χ2v) is 5.94. The number of hydrogen-bond donors (Lipinski definition) is 1. The van der Waals surface area contributed by atoms with E-state index in [0.29, 0.717) is 36.5 Å². The molecule has 0 saturated carbocycles. The van der Waals surface area contributed by atoms with Gasteiger partial charge in [-0.2, -0.15) is 0 Å². The van der Waals surface area contributed by atoms with Gasteiger partial charge in [-0.3, -0.25) is 9.59 Å². The van der Waals surface area contributed by atoms with Crippen LogP contribution in [0.5, 0.6) is 0 Å². The van der Waals surface area contributed by atoms with Crippen LogP contribution in [0.1, 0.15) is 12.0 Å². The highest BCUT2D eigenvalue weighted by atomic mass is 35.5. The zero-order valence-corrected chi connectivity index (χ0v) is 13.8. The van der Waals surface area contributed by atoms with Crippen LogP contribution in [0.15, 0.2) is 58.1 Å². The van der Waals surface area contributed by atoms with Gasteiger partial charge in [-0.15, -0.1) is 0 Å². The van der Waals surface area contributed by atoms with Crippen LogP contribution in [0, 0.1) is 0 Å². The van der Waals surface area contributed by atoms with Crippen molar-refractivity contribution in [3.05, 3.63) is 69.8 Å². The van der Waals surface area contributed by atoms with E-state index in [1.54, 1.807) is 18.3 Å². The number of rotatable bonds is 6. The molecule has 5 nitrogen and oxygen atoms in total. The van der Waals surface area contributed by atoms with E-state index in [-0.39, 0.29) is 11.5 Å². The number of carbonyl (C=O) groups excluding carboxylic acids is 1. The molecular formula is C18H17ClN2O3. The van der Waals surface area contributed by atoms with Crippen LogP contribution in [-0.2, 0) is 17.8 Å². The number of pyridine rings is 1. The third-order valence-electron chi connectivity index (χ3n) is 3.79. The molecule has 24 heavy (non-hydrogen) atoms. The van der Waals surface area contributed by atoms with Crippen LogP contribution in [0.2, 0.25) is 5.02 Å². The number of nitrogens with zero attached hydrogens (tertiary/aromatic N) is 1. The van der Waals surface area contributed by atoms with Crippen molar-refractivity contribution in [2.45, 2.75) is 19.4 Å². The maximum Gasteiger partial charge on any atom is 0.294 e. The van der Waals surface area contributed by atoms with Gasteiger partial charge < -0.3 is 14.3 Å². The molecule has 0 saturated heterocycles. The second kappa shape index (κ2) is 7.36. The summed E-state index contributed by atoms with van der Waals surface area (Å²) in [6.45, 7) is 0.791. The molecule has 0 bridgehead atoms. The van der Waals surface area contributed by atoms with Crippen molar-refractivity contribution in [3.63, 3.8) is 0 Å². The third kappa shape index (κ3) is 3.86. The molecule has 0 atom stereocenters. The van der Waals surface area contributed by atoms with Gasteiger partial charge in [-0.1, -0.05) is 23.7 Å². The molecule has 2 aromatic heterocycles. The van der Waals surface area contributed by atoms with Crippen LogP contribution >= 0.6 is 11.6 Å². The SMILES string of the molecule is O=C(CCc1cccc(Cl)c1)NCCn1ccc2ccoc2c1=O. The van der Waals surface area contributed by atoms with E-state index in [1.165, 1.54) is 10.8 Å². The molecule has 0 fully saturated rings. The topological polar surface area (TPSA) is 64.2 Å². The van der Waals surface area contributed by atoms with E-state index in [1.807, 2.05) is 24.3 Å². The average Bonchev–Trinajstić information content (AvgIpc) is 3.05. The van der Waals surface area contributed by atoms with E-state index >= 15 is 0 Å². The Morgan fingerprint density at radius 3 is 2.96 bits per heavy atom. The van der Waals surface area contributed by atoms with Crippen molar-refractivity contribution in [2.24, 2.45) is 0 Å². The zero-order chi connectivity index (χ0) is 16.9. The molecule has 0 radical (unpaired) electrons. The van der Waals surface area contributed by atoms with Crippen molar-refractivity contribution in [1.82, 2.24) is 9.88 Å². The van der Waals surface area contributed by atoms with Gasteiger partial charge in [0.05, 0.1) is 6.26 Å². The van der Waals surface area contributed by atoms with E-state index in [4.69, 9.17) is 16.0 Å². The number of nitrogens with one attached hydrogen (secondary N) is 1. The number of carbonyl (C=O) groups is 1. The fourth-order valence-electron chi connectivity index (χ4n) is 2.52. The Labute approximate surface area is 143 Å². The summed E-state index contributed by atoms with van der Waals surface area (Å²) in [4.78, 5) is 24.0. The third-order valence-corrected chi connectivity index (χ3v) is 4.02. The molecule has 0 aliphatic rings. The first-order chi connectivity index (χ1) is 11.6. The lowest BCUT2D eigenvalue weighted by atomic mass is 10.1. The van der Waals surface area contributed by atoms with Crippen molar-refractivity contribution >= 4 is 28.5 Å². The molecule has 1 amide bonds. The molecule has 3 aromatic rings. The Hall–Kier alpha value is -2.53. The lowest BCUT2D eigenvalue weighted by Crippen LogP contribution is -2.30. The minimum atomic E-state index is -0.189. The highest BCUT2D eigenvalue weighted by Gasteiger charge is 2.06. The van der Waals surface area contributed by atoms with Gasteiger partial charge in [-0.25, -0.2) is 0 Å². The van der Waals surface area contributed by atoms with Crippen molar-refractivity contribution in [3.8, 4) is 0 Å². The number of fused-ring (bicyclic) bond motifs is 1. The number of furan rings is 1. The van der Waals surface area contributed by atoms with Gasteiger partial charge in [0.2, 0.25) is 5.91 Å². The fourth-order valence-corrected chi connectivity index (χ4v) is 2.74. The molecule has 0 unspecified atom stereocenters. The highest BCUT2D eigenvalue weighted by Crippen LogP contribution is 2.12. The summed E-state index contributed by atoms with van der Waals surface area (Å²) in [5, 5.41) is 4.27. The standard InChI is InChI=1S/C18H17ClN2O3/c19-15-3-1-2-13(12-15)4-5-16(22)20-8-10-21-9-6-14-7-11-24-17(14)18(21)23/h1-3,6-7,9,11-12H,4-5,8,10H2,(H,20,22). The normalized spacial score (nSPS) is 10.9. The average molecular weight is 345 g/mol. The fraction of sp³-hybridized carbons (Fsp3) is 0.222. The first-order valence-electron chi connectivity index (χ1n) is 7.71. The number of amides is 1. The van der Waals surface area contributed by atoms with Crippen molar-refractivity contribution in [2.75, 3.05) is 6.54 Å². The Bertz CT molecular complexity index is 914. The quantitative estimate of drug-likeness (QED) is 0.747. The number of benzene rings is 1. The molecule has 1 N–H and O–H groups in total. The Morgan fingerprint density at radius 1 is 1.25 bits per heavy atom. The summed E-state index contributed by atoms with van der Waals surface area (Å²) in [5.41, 5.74) is 1.17. The number of halogens is 1. The predicted octanol–water partition coefficient (Wildman–Crippen LogP) is 3.00. The van der Waals surface area contributed by atoms with Gasteiger partial charge >= 0.3 is 0 Å². The molecule has 0 spiro atoms. The summed E-state index contributed by atoms with van der Waals surface area (Å²) in [6, 6.07) is 11.0. The minimum Gasteiger partial charge on any atom is -0.459 e. The molecule has 3 rings (SSSR count). The van der Waals surface area contributed by atoms with E-state index in [0.717, 1.165) is 10.9 Å². The molecule has 0 aliphatic heterocycles. The lowest BCUT2D eigenvalue weighted by molar-refractivity contribution is -0.121. The van der Waals surface area contributed by atoms with Crippen molar-refractivity contribution < 1.29 is 9.21 Å². The molecule has 2 heterocycles. The van der Waals surface area contributed by atoms with Crippen LogP contribution in [0.3, 0.4) is 0 Å². The van der Waals surface area contributed by atoms with Crippen LogP contribution in [-0.4, -0.2) is 17.0 Å².